The number of carbonyl (C=O) groups is 1. The lowest BCUT2D eigenvalue weighted by molar-refractivity contribution is -0.615. The fraction of sp³-hybridized carbons (Fsp3) is 0.286. The molecule has 1 aliphatic carbocycles. The predicted octanol–water partition coefficient (Wildman–Crippen LogP) is 5.18. The third kappa shape index (κ3) is 6.36. The van der Waals surface area contributed by atoms with Gasteiger partial charge in [-0.1, -0.05) is 28.4 Å². The Bertz CT molecular complexity index is 1980. The summed E-state index contributed by atoms with van der Waals surface area (Å²) in [6.45, 7) is -6.30. The van der Waals surface area contributed by atoms with Gasteiger partial charge in [-0.15, -0.1) is 5.10 Å². The molecule has 6 rings (SSSR count). The van der Waals surface area contributed by atoms with Gasteiger partial charge in [0, 0.05) is 41.3 Å². The maximum atomic E-state index is 15.4. The Morgan fingerprint density at radius 1 is 1.20 bits per heavy atom. The molecule has 1 fully saturated rings. The Kier molecular flexibility index (Phi) is 7.47. The van der Waals surface area contributed by atoms with Crippen LogP contribution in [0.4, 0.5) is 18.9 Å². The molecule has 4 aromatic heterocycles. The van der Waals surface area contributed by atoms with Gasteiger partial charge in [-0.05, 0) is 31.0 Å². The number of nitrogens with one attached hydrogen (secondary N) is 1. The number of aryl methyl sites for hydroxylation is 1. The topological polar surface area (TPSA) is 132 Å². The van der Waals surface area contributed by atoms with Crippen molar-refractivity contribution < 1.29 is 31.5 Å². The third-order valence-electron chi connectivity index (χ3n) is 7.16. The second-order valence-electron chi connectivity index (χ2n) is 10.1. The van der Waals surface area contributed by atoms with E-state index in [-0.39, 0.29) is 67.9 Å². The van der Waals surface area contributed by atoms with E-state index < -0.39 is 32.1 Å². The minimum absolute atomic E-state index is 0.00522. The van der Waals surface area contributed by atoms with Crippen LogP contribution >= 0.6 is 23.2 Å². The number of hydrogen-bond donors (Lipinski definition) is 1. The first-order chi connectivity index (χ1) is 22.8. The number of hydrogen-bond acceptors (Lipinski definition) is 7. The van der Waals surface area contributed by atoms with Gasteiger partial charge in [0.25, 0.3) is 0 Å². The molecule has 234 valence electrons. The van der Waals surface area contributed by atoms with E-state index in [0.717, 1.165) is 10.9 Å². The summed E-state index contributed by atoms with van der Waals surface area (Å²) in [4.78, 5) is 12.5. The van der Waals surface area contributed by atoms with Gasteiger partial charge in [0.1, 0.15) is 6.04 Å². The van der Waals surface area contributed by atoms with Crippen molar-refractivity contribution in [2.45, 2.75) is 31.9 Å². The molecule has 17 heteroatoms. The van der Waals surface area contributed by atoms with Crippen LogP contribution in [0.3, 0.4) is 0 Å². The van der Waals surface area contributed by atoms with Crippen LogP contribution in [0.15, 0.2) is 55.2 Å². The minimum Gasteiger partial charge on any atom is -0.618 e. The van der Waals surface area contributed by atoms with Crippen molar-refractivity contribution in [2.24, 2.45) is 12.9 Å². The Morgan fingerprint density at radius 2 is 2.02 bits per heavy atom. The Morgan fingerprint density at radius 3 is 2.71 bits per heavy atom. The minimum atomic E-state index is -3.08. The number of amides is 1. The van der Waals surface area contributed by atoms with Crippen molar-refractivity contribution in [1.82, 2.24) is 34.6 Å². The van der Waals surface area contributed by atoms with Gasteiger partial charge in [0.15, 0.2) is 17.2 Å². The van der Waals surface area contributed by atoms with Crippen molar-refractivity contribution in [2.75, 3.05) is 11.9 Å². The fourth-order valence-electron chi connectivity index (χ4n) is 4.88. The summed E-state index contributed by atoms with van der Waals surface area (Å²) in [7, 11) is 0. The molecule has 12 nitrogen and oxygen atoms in total. The number of alkyl halides is 2. The molecule has 1 saturated carbocycles. The van der Waals surface area contributed by atoms with Gasteiger partial charge < -0.3 is 15.3 Å². The highest BCUT2D eigenvalue weighted by Crippen LogP contribution is 2.35. The number of nitrogens with zero attached hydrogens (tertiary/aromatic N) is 8. The monoisotopic (exact) mass is 664 g/mol. The van der Waals surface area contributed by atoms with Crippen molar-refractivity contribution in [3.8, 4) is 28.1 Å². The van der Waals surface area contributed by atoms with Crippen LogP contribution in [0, 0.1) is 16.9 Å². The van der Waals surface area contributed by atoms with Crippen LogP contribution in [-0.4, -0.2) is 53.7 Å². The summed E-state index contributed by atoms with van der Waals surface area (Å²) >= 11 is 12.0. The van der Waals surface area contributed by atoms with Crippen molar-refractivity contribution in [3.05, 3.63) is 82.1 Å². The van der Waals surface area contributed by atoms with E-state index in [4.69, 9.17) is 27.3 Å². The molecular formula is C28H24Cl2F3N9O3. The van der Waals surface area contributed by atoms with Crippen LogP contribution < -0.4 is 10.0 Å². The van der Waals surface area contributed by atoms with E-state index in [1.165, 1.54) is 58.4 Å². The molecule has 1 amide bonds. The maximum absolute atomic E-state index is 15.4. The largest absolute Gasteiger partial charge is 0.618 e. The zero-order chi connectivity index (χ0) is 34.3. The van der Waals surface area contributed by atoms with E-state index in [0.29, 0.717) is 17.6 Å². The quantitative estimate of drug-likeness (QED) is 0.152. The molecular weight excluding hydrogens is 638 g/mol. The van der Waals surface area contributed by atoms with Crippen LogP contribution in [0.25, 0.3) is 28.1 Å². The molecule has 1 N–H and O–H groups in total. The number of anilines is 1. The number of ether oxygens (including phenoxy) is 1. The van der Waals surface area contributed by atoms with Crippen LogP contribution in [0.5, 0.6) is 0 Å². The second-order valence-corrected chi connectivity index (χ2v) is 10.9. The average molecular weight is 665 g/mol. The van der Waals surface area contributed by atoms with Gasteiger partial charge in [-0.25, -0.2) is 9.07 Å². The molecule has 4 heterocycles. The third-order valence-corrected chi connectivity index (χ3v) is 7.63. The van der Waals surface area contributed by atoms with E-state index in [2.05, 4.69) is 30.6 Å². The molecule has 1 aromatic carbocycles. The molecule has 5 aromatic rings. The highest BCUT2D eigenvalue weighted by Gasteiger charge is 2.31. The fourth-order valence-corrected chi connectivity index (χ4v) is 5.16. The first-order valence-electron chi connectivity index (χ1n) is 14.9. The number of aromatic nitrogens is 8. The SMILES string of the molecule is [2H]C([2H])([2H])n1ncc(NC(=O)C2CC2)c1-c1cnn([C@@H](CCOC(F)F)c2ccc(-c3c(-n4cc(Cl)nn4)ccc(Cl)c3F)c[n+]2[O-])c1. The zero-order valence-corrected chi connectivity index (χ0v) is 24.5. The number of halogens is 5. The Hall–Kier alpha value is -4.47. The summed E-state index contributed by atoms with van der Waals surface area (Å²) in [5.41, 5.74) is 0.566. The smallest absolute Gasteiger partial charge is 0.345 e. The predicted molar refractivity (Wildman–Crippen MR) is 156 cm³/mol. The summed E-state index contributed by atoms with van der Waals surface area (Å²) in [5, 5.41) is 32.0. The van der Waals surface area contributed by atoms with E-state index >= 15 is 4.39 Å². The molecule has 45 heavy (non-hydrogen) atoms. The van der Waals surface area contributed by atoms with E-state index in [1.807, 2.05) is 0 Å². The Labute approximate surface area is 267 Å². The molecule has 0 spiro atoms. The van der Waals surface area contributed by atoms with Gasteiger partial charge in [0.05, 0.1) is 58.4 Å². The first kappa shape index (κ1) is 26.9. The number of benzene rings is 1. The highest BCUT2D eigenvalue weighted by molar-refractivity contribution is 6.31. The number of carbonyl (C=O) groups excluding carboxylic acids is 1. The summed E-state index contributed by atoms with van der Waals surface area (Å²) in [6.07, 6.45) is 7.57. The first-order valence-corrected chi connectivity index (χ1v) is 14.2. The van der Waals surface area contributed by atoms with Gasteiger partial charge in [-0.2, -0.15) is 23.7 Å². The van der Waals surface area contributed by atoms with Crippen LogP contribution in [0.2, 0.25) is 10.2 Å². The molecule has 0 bridgehead atoms. The van der Waals surface area contributed by atoms with Gasteiger partial charge >= 0.3 is 6.61 Å². The summed E-state index contributed by atoms with van der Waals surface area (Å²) in [6, 6.07) is 4.54. The molecule has 1 atom stereocenters. The molecule has 0 unspecified atom stereocenters. The standard InChI is InChI=1S/C28H24Cl2F3N9O3/c1-39-26(19(11-34-39)36-27(43)15-2-3-15)17-10-35-40(12-17)20(8-9-45-28(32)33)21-6-4-16(13-42(21)44)24-22(7-5-18(29)25(24)31)41-14-23(30)37-38-41/h4-7,10-15,20,28H,2-3,8-9H2,1H3,(H,36,43)/t20-/m0/s1/i1D3. The van der Waals surface area contributed by atoms with Gasteiger partial charge in [-0.3, -0.25) is 14.2 Å². The molecule has 0 saturated heterocycles. The van der Waals surface area contributed by atoms with Gasteiger partial charge in [0.2, 0.25) is 11.6 Å². The van der Waals surface area contributed by atoms with E-state index in [1.54, 1.807) is 0 Å². The second kappa shape index (κ2) is 12.5. The average Bonchev–Trinajstić information content (AvgIpc) is 3.38. The number of pyridine rings is 1. The maximum Gasteiger partial charge on any atom is 0.345 e. The Balaban J connectivity index is 1.40. The highest BCUT2D eigenvalue weighted by atomic mass is 35.5. The van der Waals surface area contributed by atoms with Crippen LogP contribution in [0.1, 0.15) is 35.1 Å². The molecule has 0 radical (unpaired) electrons. The number of rotatable bonds is 11. The van der Waals surface area contributed by atoms with Crippen molar-refractivity contribution >= 4 is 34.8 Å². The molecule has 0 aliphatic heterocycles. The lowest BCUT2D eigenvalue weighted by atomic mass is 10.0. The van der Waals surface area contributed by atoms with Crippen molar-refractivity contribution in [3.63, 3.8) is 0 Å². The normalized spacial score (nSPS) is 15.1. The molecule has 1 aliphatic rings. The summed E-state index contributed by atoms with van der Waals surface area (Å²) < 4.78 is 73.3. The summed E-state index contributed by atoms with van der Waals surface area (Å²) in [5.74, 6) is -1.31. The van der Waals surface area contributed by atoms with Crippen molar-refractivity contribution in [1.29, 1.82) is 0 Å². The lowest BCUT2D eigenvalue weighted by Gasteiger charge is -2.18. The van der Waals surface area contributed by atoms with Crippen LogP contribution in [-0.2, 0) is 16.5 Å². The zero-order valence-electron chi connectivity index (χ0n) is 25.9. The van der Waals surface area contributed by atoms with E-state index in [9.17, 15) is 18.8 Å². The lowest BCUT2D eigenvalue weighted by Crippen LogP contribution is -2.36.